The summed E-state index contributed by atoms with van der Waals surface area (Å²) < 4.78 is 5.96. The molecule has 2 aromatic carbocycles. The maximum atomic E-state index is 12.6. The number of ether oxygens (including phenoxy) is 1. The Hall–Kier alpha value is -2.53. The lowest BCUT2D eigenvalue weighted by Gasteiger charge is -2.25. The van der Waals surface area contributed by atoms with Crippen LogP contribution in [0.1, 0.15) is 61.0 Å². The third-order valence-electron chi connectivity index (χ3n) is 5.04. The molecule has 0 aromatic heterocycles. The van der Waals surface area contributed by atoms with Gasteiger partial charge in [-0.1, -0.05) is 32.4 Å². The molecule has 0 radical (unpaired) electrons. The quantitative estimate of drug-likeness (QED) is 0.380. The Bertz CT molecular complexity index is 850. The zero-order valence-corrected chi connectivity index (χ0v) is 17.9. The van der Waals surface area contributed by atoms with E-state index in [0.717, 1.165) is 61.2 Å². The van der Waals surface area contributed by atoms with Crippen molar-refractivity contribution in [3.63, 3.8) is 0 Å². The number of benzene rings is 2. The van der Waals surface area contributed by atoms with Crippen molar-refractivity contribution in [3.05, 3.63) is 59.2 Å². The van der Waals surface area contributed by atoms with Crippen LogP contribution in [0, 0.1) is 0 Å². The molecule has 29 heavy (non-hydrogen) atoms. The zero-order valence-electron chi connectivity index (χ0n) is 17.1. The monoisotopic (exact) mass is 415 g/mol. The van der Waals surface area contributed by atoms with Crippen LogP contribution < -0.4 is 15.8 Å². The van der Waals surface area contributed by atoms with Crippen molar-refractivity contribution in [1.29, 1.82) is 0 Å². The summed E-state index contributed by atoms with van der Waals surface area (Å²) in [6, 6.07) is 13.1. The highest BCUT2D eigenvalue weighted by Crippen LogP contribution is 2.31. The highest BCUT2D eigenvalue weighted by Gasteiger charge is 2.18. The lowest BCUT2D eigenvalue weighted by molar-refractivity contribution is 0.102. The van der Waals surface area contributed by atoms with Crippen LogP contribution in [-0.4, -0.2) is 24.4 Å². The number of fused-ring (bicyclic) bond motifs is 1. The summed E-state index contributed by atoms with van der Waals surface area (Å²) in [5.41, 5.74) is 9.36. The number of halogens is 1. The topological polar surface area (TPSA) is 76.7 Å². The van der Waals surface area contributed by atoms with Gasteiger partial charge in [0, 0.05) is 23.4 Å². The molecule has 2 aromatic rings. The average Bonchev–Trinajstić information content (AvgIpc) is 2.73. The van der Waals surface area contributed by atoms with Gasteiger partial charge < -0.3 is 15.8 Å². The number of amidine groups is 1. The standard InChI is InChI=1S/C23H29N3O2.ClH/c1-3-5-14-25-22(24)16-6-8-17(9-7-16)23(27)26-19-11-13-21-18(15-19)10-12-20(4-2)28-21;/h6-9,11,13,15,20H,3-5,10,12,14H2,1-2H3,(H2,24,25)(H,26,27);1H. The Kier molecular flexibility index (Phi) is 8.52. The van der Waals surface area contributed by atoms with Gasteiger partial charge in [-0.3, -0.25) is 9.79 Å². The molecule has 0 bridgehead atoms. The smallest absolute Gasteiger partial charge is 0.255 e. The number of aliphatic imine (C=N–C) groups is 1. The fraction of sp³-hybridized carbons (Fsp3) is 0.391. The van der Waals surface area contributed by atoms with Crippen LogP contribution in [0.3, 0.4) is 0 Å². The third-order valence-corrected chi connectivity index (χ3v) is 5.04. The van der Waals surface area contributed by atoms with Crippen LogP contribution >= 0.6 is 12.4 Å². The largest absolute Gasteiger partial charge is 0.490 e. The van der Waals surface area contributed by atoms with Crippen LogP contribution in [0.5, 0.6) is 5.75 Å². The summed E-state index contributed by atoms with van der Waals surface area (Å²) in [6.45, 7) is 4.99. The Labute approximate surface area is 179 Å². The summed E-state index contributed by atoms with van der Waals surface area (Å²) in [6.07, 6.45) is 5.41. The third kappa shape index (κ3) is 5.97. The van der Waals surface area contributed by atoms with Gasteiger partial charge in [-0.2, -0.15) is 0 Å². The second-order valence-corrected chi connectivity index (χ2v) is 7.16. The number of amides is 1. The number of carbonyl (C=O) groups excluding carboxylic acids is 1. The lowest BCUT2D eigenvalue weighted by atomic mass is 10.0. The van der Waals surface area contributed by atoms with Crippen LogP contribution in [-0.2, 0) is 6.42 Å². The Balaban J connectivity index is 0.00000300. The van der Waals surface area contributed by atoms with Crippen LogP contribution in [0.15, 0.2) is 47.5 Å². The van der Waals surface area contributed by atoms with Crippen molar-refractivity contribution >= 4 is 29.8 Å². The second kappa shape index (κ2) is 10.9. The molecule has 3 rings (SSSR count). The predicted molar refractivity (Wildman–Crippen MR) is 122 cm³/mol. The maximum absolute atomic E-state index is 12.6. The molecule has 1 heterocycles. The van der Waals surface area contributed by atoms with Crippen molar-refractivity contribution in [2.45, 2.75) is 52.1 Å². The number of hydrogen-bond donors (Lipinski definition) is 2. The SMILES string of the molecule is CCCCN=C(N)c1ccc(C(=O)Nc2ccc3c(c2)CCC(CC)O3)cc1.Cl. The first-order valence-electron chi connectivity index (χ1n) is 10.1. The van der Waals surface area contributed by atoms with Crippen molar-refractivity contribution in [2.75, 3.05) is 11.9 Å². The van der Waals surface area contributed by atoms with Gasteiger partial charge in [0.1, 0.15) is 11.6 Å². The molecule has 1 unspecified atom stereocenters. The molecule has 1 aliphatic heterocycles. The van der Waals surface area contributed by atoms with Gasteiger partial charge in [0.05, 0.1) is 6.10 Å². The van der Waals surface area contributed by atoms with E-state index in [4.69, 9.17) is 10.5 Å². The Morgan fingerprint density at radius 3 is 2.59 bits per heavy atom. The minimum Gasteiger partial charge on any atom is -0.490 e. The molecule has 0 saturated carbocycles. The fourth-order valence-corrected chi connectivity index (χ4v) is 3.25. The number of aryl methyl sites for hydroxylation is 1. The molecule has 1 aliphatic rings. The van der Waals surface area contributed by atoms with Crippen LogP contribution in [0.25, 0.3) is 0 Å². The van der Waals surface area contributed by atoms with E-state index in [9.17, 15) is 4.79 Å². The molecule has 1 atom stereocenters. The van der Waals surface area contributed by atoms with E-state index in [0.29, 0.717) is 17.5 Å². The Morgan fingerprint density at radius 1 is 1.17 bits per heavy atom. The van der Waals surface area contributed by atoms with Crippen molar-refractivity contribution in [3.8, 4) is 5.75 Å². The summed E-state index contributed by atoms with van der Waals surface area (Å²) in [4.78, 5) is 16.9. The molecule has 0 spiro atoms. The molecule has 1 amide bonds. The molecule has 5 nitrogen and oxygen atoms in total. The molecular weight excluding hydrogens is 386 g/mol. The minimum atomic E-state index is -0.142. The van der Waals surface area contributed by atoms with Crippen molar-refractivity contribution < 1.29 is 9.53 Å². The number of carbonyl (C=O) groups is 1. The van der Waals surface area contributed by atoms with E-state index in [2.05, 4.69) is 24.2 Å². The van der Waals surface area contributed by atoms with E-state index >= 15 is 0 Å². The molecule has 156 valence electrons. The molecule has 6 heteroatoms. The maximum Gasteiger partial charge on any atom is 0.255 e. The fourth-order valence-electron chi connectivity index (χ4n) is 3.25. The number of rotatable bonds is 7. The summed E-state index contributed by atoms with van der Waals surface area (Å²) in [5.74, 6) is 1.30. The first kappa shape index (κ1) is 22.8. The predicted octanol–water partition coefficient (Wildman–Crippen LogP) is 4.97. The number of unbranched alkanes of at least 4 members (excludes halogenated alkanes) is 1. The highest BCUT2D eigenvalue weighted by atomic mass is 35.5. The lowest BCUT2D eigenvalue weighted by Crippen LogP contribution is -2.21. The molecular formula is C23H30ClN3O2. The van der Waals surface area contributed by atoms with Crippen LogP contribution in [0.4, 0.5) is 5.69 Å². The molecule has 0 saturated heterocycles. The van der Waals surface area contributed by atoms with Crippen molar-refractivity contribution in [2.24, 2.45) is 10.7 Å². The molecule has 0 aliphatic carbocycles. The summed E-state index contributed by atoms with van der Waals surface area (Å²) >= 11 is 0. The van der Waals surface area contributed by atoms with Gasteiger partial charge in [-0.05, 0) is 61.6 Å². The first-order chi connectivity index (χ1) is 13.6. The highest BCUT2D eigenvalue weighted by molar-refractivity contribution is 6.05. The number of anilines is 1. The number of nitrogens with one attached hydrogen (secondary N) is 1. The second-order valence-electron chi connectivity index (χ2n) is 7.16. The molecule has 3 N–H and O–H groups in total. The van der Waals surface area contributed by atoms with E-state index < -0.39 is 0 Å². The van der Waals surface area contributed by atoms with Crippen molar-refractivity contribution in [1.82, 2.24) is 0 Å². The molecule has 0 fully saturated rings. The van der Waals surface area contributed by atoms with Gasteiger partial charge in [0.2, 0.25) is 0 Å². The summed E-state index contributed by atoms with van der Waals surface area (Å²) in [5, 5.41) is 2.97. The minimum absolute atomic E-state index is 0. The Morgan fingerprint density at radius 2 is 1.90 bits per heavy atom. The van der Waals surface area contributed by atoms with E-state index in [1.807, 2.05) is 30.3 Å². The van der Waals surface area contributed by atoms with Gasteiger partial charge in [-0.25, -0.2) is 0 Å². The zero-order chi connectivity index (χ0) is 19.9. The van der Waals surface area contributed by atoms with Gasteiger partial charge in [-0.15, -0.1) is 12.4 Å². The van der Waals surface area contributed by atoms with E-state index in [1.54, 1.807) is 12.1 Å². The normalized spacial score (nSPS) is 15.7. The average molecular weight is 416 g/mol. The van der Waals surface area contributed by atoms with Gasteiger partial charge >= 0.3 is 0 Å². The number of hydrogen-bond acceptors (Lipinski definition) is 3. The van der Waals surface area contributed by atoms with Crippen LogP contribution in [0.2, 0.25) is 0 Å². The first-order valence-corrected chi connectivity index (χ1v) is 10.1. The van der Waals surface area contributed by atoms with E-state index in [1.165, 1.54) is 0 Å². The summed E-state index contributed by atoms with van der Waals surface area (Å²) in [7, 11) is 0. The number of nitrogens with zero attached hydrogens (tertiary/aromatic N) is 1. The number of nitrogens with two attached hydrogens (primary N) is 1. The van der Waals surface area contributed by atoms with E-state index in [-0.39, 0.29) is 18.3 Å². The van der Waals surface area contributed by atoms with Gasteiger partial charge in [0.15, 0.2) is 0 Å². The van der Waals surface area contributed by atoms with Gasteiger partial charge in [0.25, 0.3) is 5.91 Å².